The maximum atomic E-state index is 10.5. The van der Waals surface area contributed by atoms with Gasteiger partial charge in [0.2, 0.25) is 0 Å². The summed E-state index contributed by atoms with van der Waals surface area (Å²) in [5.41, 5.74) is 1.65. The van der Waals surface area contributed by atoms with Crippen LogP contribution in [0.4, 0.5) is 0 Å². The monoisotopic (exact) mass is 488 g/mol. The fourth-order valence-electron chi connectivity index (χ4n) is 2.56. The fourth-order valence-corrected chi connectivity index (χ4v) is 2.56. The Hall–Kier alpha value is -4.02. The molecule has 10 nitrogen and oxygen atoms in total. The number of methoxy groups -OCH3 is 4. The van der Waals surface area contributed by atoms with Crippen molar-refractivity contribution in [2.45, 2.75) is 6.92 Å². The molecule has 35 heavy (non-hydrogen) atoms. The van der Waals surface area contributed by atoms with Gasteiger partial charge >= 0.3 is 5.97 Å². The lowest BCUT2D eigenvalue weighted by molar-refractivity contribution is -0.129. The van der Waals surface area contributed by atoms with E-state index in [0.29, 0.717) is 18.1 Å². The van der Waals surface area contributed by atoms with Crippen molar-refractivity contribution in [2.75, 3.05) is 41.7 Å². The predicted molar refractivity (Wildman–Crippen MR) is 134 cm³/mol. The third-order valence-electron chi connectivity index (χ3n) is 4.34. The highest BCUT2D eigenvalue weighted by Crippen LogP contribution is 2.25. The minimum atomic E-state index is -1.11. The Morgan fingerprint density at radius 2 is 1.34 bits per heavy atom. The van der Waals surface area contributed by atoms with Crippen molar-refractivity contribution >= 4 is 23.8 Å². The molecule has 0 aromatic heterocycles. The Balaban J connectivity index is 0.000000365. The van der Waals surface area contributed by atoms with Gasteiger partial charge in [0, 0.05) is 11.1 Å². The third kappa shape index (κ3) is 10.6. The number of nitrogens with zero attached hydrogens (tertiary/aromatic N) is 1. The van der Waals surface area contributed by atoms with E-state index in [9.17, 15) is 4.79 Å². The Labute approximate surface area is 205 Å². The first kappa shape index (κ1) is 29.0. The molecule has 3 N–H and O–H groups in total. The smallest absolute Gasteiger partial charge is 0.353 e. The molecule has 0 bridgehead atoms. The molecule has 0 atom stereocenters. The zero-order valence-electron chi connectivity index (χ0n) is 20.5. The summed E-state index contributed by atoms with van der Waals surface area (Å²) in [6.45, 7) is 1.88. The third-order valence-corrected chi connectivity index (χ3v) is 4.34. The van der Waals surface area contributed by atoms with Gasteiger partial charge in [0.05, 0.1) is 35.0 Å². The van der Waals surface area contributed by atoms with Crippen molar-refractivity contribution in [3.63, 3.8) is 0 Å². The average molecular weight is 489 g/mol. The second-order valence-corrected chi connectivity index (χ2v) is 6.63. The highest BCUT2D eigenvalue weighted by atomic mass is 16.6. The van der Waals surface area contributed by atoms with Gasteiger partial charge in [-0.2, -0.15) is 0 Å². The average Bonchev–Trinajstić information content (AvgIpc) is 2.88. The Kier molecular flexibility index (Phi) is 13.7. The normalized spacial score (nSPS) is 11.1. The summed E-state index contributed by atoms with van der Waals surface area (Å²) in [6, 6.07) is 11.0. The molecule has 0 aliphatic heterocycles. The van der Waals surface area contributed by atoms with E-state index in [0.717, 1.165) is 22.6 Å². The lowest BCUT2D eigenvalue weighted by Crippen LogP contribution is -2.08. The van der Waals surface area contributed by atoms with Gasteiger partial charge in [-0.3, -0.25) is 0 Å². The molecule has 0 radical (unpaired) electrons. The summed E-state index contributed by atoms with van der Waals surface area (Å²) in [7, 11) is 6.41. The number of carboxylic acids is 1. The molecule has 190 valence electrons. The van der Waals surface area contributed by atoms with Crippen molar-refractivity contribution in [1.29, 1.82) is 0 Å². The van der Waals surface area contributed by atoms with E-state index in [1.807, 2.05) is 30.3 Å². The maximum Gasteiger partial charge on any atom is 0.353 e. The van der Waals surface area contributed by atoms with Gasteiger partial charge in [-0.15, -0.1) is 0 Å². The van der Waals surface area contributed by atoms with Gasteiger partial charge < -0.3 is 33.7 Å². The van der Waals surface area contributed by atoms with Crippen LogP contribution in [-0.4, -0.2) is 58.4 Å². The zero-order valence-corrected chi connectivity index (χ0v) is 20.5. The van der Waals surface area contributed by atoms with Crippen LogP contribution in [0.2, 0.25) is 0 Å². The quantitative estimate of drug-likeness (QED) is 0.260. The van der Waals surface area contributed by atoms with Crippen LogP contribution < -0.4 is 24.8 Å². The standard InChI is InChI=1S/C14H17NO5.C11H15NO3/c1-10(14(16)17)15-20-8-4-5-11-9-12(18-2)6-7-13(11)19-3;1-13-10-5-6-11(14-2)9(8-10)4-3-7-15-12/h4-7,9H,8H2,1-3H3,(H,16,17);3-6,8H,7,12H2,1-2H3. The van der Waals surface area contributed by atoms with E-state index in [-0.39, 0.29) is 12.3 Å². The lowest BCUT2D eigenvalue weighted by atomic mass is 10.1. The zero-order chi connectivity index (χ0) is 26.1. The highest BCUT2D eigenvalue weighted by molar-refractivity contribution is 6.34. The van der Waals surface area contributed by atoms with E-state index < -0.39 is 5.97 Å². The molecule has 2 aromatic rings. The molecule has 0 unspecified atom stereocenters. The van der Waals surface area contributed by atoms with Crippen molar-refractivity contribution < 1.29 is 38.5 Å². The number of carbonyl (C=O) groups is 1. The van der Waals surface area contributed by atoms with Crippen molar-refractivity contribution in [3.05, 3.63) is 59.7 Å². The molecule has 0 spiro atoms. The van der Waals surface area contributed by atoms with Crippen LogP contribution in [0.1, 0.15) is 18.1 Å². The SMILES string of the molecule is COc1ccc(OC)c(C=CCON)c1.COc1ccc(OC)c(C=CCON=C(C)C(=O)O)c1. The molecule has 10 heteroatoms. The van der Waals surface area contributed by atoms with Crippen molar-refractivity contribution in [3.8, 4) is 23.0 Å². The Morgan fingerprint density at radius 3 is 1.74 bits per heavy atom. The van der Waals surface area contributed by atoms with Gasteiger partial charge in [-0.05, 0) is 49.4 Å². The fraction of sp³-hybridized carbons (Fsp3) is 0.280. The molecule has 0 amide bonds. The number of carboxylic acid groups (broad SMARTS) is 1. The highest BCUT2D eigenvalue weighted by Gasteiger charge is 2.03. The number of aliphatic carboxylic acids is 1. The summed E-state index contributed by atoms with van der Waals surface area (Å²) in [4.78, 5) is 19.8. The second kappa shape index (κ2) is 16.6. The molecule has 0 saturated heterocycles. The van der Waals surface area contributed by atoms with Crippen LogP contribution in [0.3, 0.4) is 0 Å². The molecular formula is C25H32N2O8. The number of benzene rings is 2. The minimum Gasteiger partial charge on any atom is -0.497 e. The summed E-state index contributed by atoms with van der Waals surface area (Å²) < 4.78 is 20.7. The van der Waals surface area contributed by atoms with E-state index >= 15 is 0 Å². The summed E-state index contributed by atoms with van der Waals surface area (Å²) in [6.07, 6.45) is 7.16. The molecule has 2 aromatic carbocycles. The Bertz CT molecular complexity index is 1020. The molecule has 0 aliphatic rings. The van der Waals surface area contributed by atoms with E-state index in [2.05, 4.69) is 9.99 Å². The molecule has 0 heterocycles. The van der Waals surface area contributed by atoms with Crippen LogP contribution in [0, 0.1) is 0 Å². The molecule has 0 aliphatic carbocycles. The number of ether oxygens (including phenoxy) is 4. The van der Waals surface area contributed by atoms with Gasteiger partial charge in [0.15, 0.2) is 5.71 Å². The van der Waals surface area contributed by atoms with E-state index in [1.165, 1.54) is 6.92 Å². The van der Waals surface area contributed by atoms with Crippen LogP contribution in [0.25, 0.3) is 12.2 Å². The van der Waals surface area contributed by atoms with Crippen LogP contribution in [0.5, 0.6) is 23.0 Å². The molecular weight excluding hydrogens is 456 g/mol. The van der Waals surface area contributed by atoms with Gasteiger partial charge in [-0.1, -0.05) is 23.4 Å². The van der Waals surface area contributed by atoms with Crippen LogP contribution >= 0.6 is 0 Å². The number of nitrogens with two attached hydrogens (primary N) is 1. The van der Waals surface area contributed by atoms with E-state index in [4.69, 9.17) is 34.8 Å². The van der Waals surface area contributed by atoms with Crippen molar-refractivity contribution in [2.24, 2.45) is 11.1 Å². The summed E-state index contributed by atoms with van der Waals surface area (Å²) in [5, 5.41) is 12.0. The number of rotatable bonds is 12. The molecule has 0 saturated carbocycles. The minimum absolute atomic E-state index is 0.0997. The largest absolute Gasteiger partial charge is 0.497 e. The topological polar surface area (TPSA) is 131 Å². The summed E-state index contributed by atoms with van der Waals surface area (Å²) >= 11 is 0. The first-order valence-electron chi connectivity index (χ1n) is 10.4. The van der Waals surface area contributed by atoms with Crippen LogP contribution in [0.15, 0.2) is 53.7 Å². The van der Waals surface area contributed by atoms with Gasteiger partial charge in [-0.25, -0.2) is 10.7 Å². The second-order valence-electron chi connectivity index (χ2n) is 6.63. The number of hydrogen-bond donors (Lipinski definition) is 2. The summed E-state index contributed by atoms with van der Waals surface area (Å²) in [5.74, 6) is 6.78. The Morgan fingerprint density at radius 1 is 0.857 bits per heavy atom. The molecule has 2 rings (SSSR count). The number of hydrogen-bond acceptors (Lipinski definition) is 9. The van der Waals surface area contributed by atoms with Crippen LogP contribution in [-0.2, 0) is 14.5 Å². The van der Waals surface area contributed by atoms with Gasteiger partial charge in [0.25, 0.3) is 0 Å². The first-order valence-corrected chi connectivity index (χ1v) is 10.4. The van der Waals surface area contributed by atoms with E-state index in [1.54, 1.807) is 58.8 Å². The maximum absolute atomic E-state index is 10.5. The molecule has 0 fully saturated rings. The van der Waals surface area contributed by atoms with Gasteiger partial charge in [0.1, 0.15) is 29.6 Å². The van der Waals surface area contributed by atoms with Crippen molar-refractivity contribution in [1.82, 2.24) is 0 Å². The first-order chi connectivity index (χ1) is 16.9. The predicted octanol–water partition coefficient (Wildman–Crippen LogP) is 3.80. The number of oxime groups is 1. The lowest BCUT2D eigenvalue weighted by Gasteiger charge is -2.07.